The van der Waals surface area contributed by atoms with Gasteiger partial charge in [0.1, 0.15) is 5.69 Å². The second kappa shape index (κ2) is 6.60. The fraction of sp³-hybridized carbons (Fsp3) is 0.143. The largest absolute Gasteiger partial charge is 0.350 e. The van der Waals surface area contributed by atoms with E-state index in [-0.39, 0.29) is 23.2 Å². The van der Waals surface area contributed by atoms with Gasteiger partial charge in [-0.3, -0.25) is 9.59 Å². The smallest absolute Gasteiger partial charge is 0.270 e. The van der Waals surface area contributed by atoms with Gasteiger partial charge in [-0.15, -0.1) is 0 Å². The van der Waals surface area contributed by atoms with E-state index in [4.69, 9.17) is 0 Å². The van der Waals surface area contributed by atoms with E-state index in [1.807, 2.05) is 19.1 Å². The van der Waals surface area contributed by atoms with Crippen LogP contribution in [-0.2, 0) is 0 Å². The van der Waals surface area contributed by atoms with Gasteiger partial charge in [0.25, 0.3) is 11.5 Å². The van der Waals surface area contributed by atoms with Crippen molar-refractivity contribution in [2.45, 2.75) is 13.0 Å². The number of halogens is 2. The topological polar surface area (TPSA) is 69.0 Å². The fourth-order valence-electron chi connectivity index (χ4n) is 3.39. The molecule has 4 aromatic rings. The molecule has 4 rings (SSSR count). The molecule has 28 heavy (non-hydrogen) atoms. The Hall–Kier alpha value is -3.48. The van der Waals surface area contributed by atoms with Crippen LogP contribution in [0.25, 0.3) is 21.7 Å². The van der Waals surface area contributed by atoms with E-state index in [0.717, 1.165) is 23.1 Å². The third kappa shape index (κ3) is 2.85. The Morgan fingerprint density at radius 1 is 1.07 bits per heavy atom. The summed E-state index contributed by atoms with van der Waals surface area (Å²) >= 11 is 0. The summed E-state index contributed by atoms with van der Waals surface area (Å²) in [6.45, 7) is 1.85. The highest BCUT2D eigenvalue weighted by Gasteiger charge is 2.23. The molecule has 2 heterocycles. The third-order valence-electron chi connectivity index (χ3n) is 5.08. The van der Waals surface area contributed by atoms with Gasteiger partial charge in [-0.2, -0.15) is 0 Å². The molecule has 7 heteroatoms. The molecule has 0 aliphatic heterocycles. The van der Waals surface area contributed by atoms with Gasteiger partial charge in [0.2, 0.25) is 0 Å². The van der Waals surface area contributed by atoms with Gasteiger partial charge >= 0.3 is 0 Å². The maximum absolute atomic E-state index is 13.4. The zero-order valence-electron chi connectivity index (χ0n) is 15.2. The van der Waals surface area contributed by atoms with Crippen LogP contribution in [0, 0.1) is 11.6 Å². The van der Waals surface area contributed by atoms with Crippen molar-refractivity contribution in [3.8, 4) is 0 Å². The van der Waals surface area contributed by atoms with Crippen LogP contribution in [0.1, 0.15) is 29.0 Å². The molecular formula is C21H17F2N3O2. The number of benzene rings is 2. The molecular weight excluding hydrogens is 364 g/mol. The molecule has 2 aromatic carbocycles. The van der Waals surface area contributed by atoms with Crippen LogP contribution in [0.15, 0.2) is 53.5 Å². The van der Waals surface area contributed by atoms with E-state index in [9.17, 15) is 18.4 Å². The molecule has 1 amide bonds. The van der Waals surface area contributed by atoms with Crippen LogP contribution < -0.4 is 5.56 Å². The van der Waals surface area contributed by atoms with Crippen LogP contribution in [0.3, 0.4) is 0 Å². The zero-order valence-corrected chi connectivity index (χ0v) is 15.2. The molecule has 1 atom stereocenters. The minimum Gasteiger partial charge on any atom is -0.350 e. The van der Waals surface area contributed by atoms with Gasteiger partial charge < -0.3 is 14.9 Å². The highest BCUT2D eigenvalue weighted by Crippen LogP contribution is 2.27. The van der Waals surface area contributed by atoms with Gasteiger partial charge in [0, 0.05) is 35.6 Å². The molecule has 2 aromatic heterocycles. The van der Waals surface area contributed by atoms with Crippen molar-refractivity contribution in [1.82, 2.24) is 14.9 Å². The number of fused-ring (bicyclic) bond motifs is 2. The summed E-state index contributed by atoms with van der Waals surface area (Å²) in [6, 6.07) is 10.4. The minimum absolute atomic E-state index is 0.194. The van der Waals surface area contributed by atoms with Crippen molar-refractivity contribution in [2.75, 3.05) is 7.05 Å². The second-order valence-corrected chi connectivity index (χ2v) is 6.75. The Morgan fingerprint density at radius 3 is 2.50 bits per heavy atom. The molecule has 0 spiro atoms. The number of nitrogens with one attached hydrogen (secondary N) is 2. The Morgan fingerprint density at radius 2 is 1.75 bits per heavy atom. The highest BCUT2D eigenvalue weighted by molar-refractivity contribution is 5.98. The molecule has 0 radical (unpaired) electrons. The molecule has 0 aliphatic rings. The lowest BCUT2D eigenvalue weighted by Gasteiger charge is -2.25. The van der Waals surface area contributed by atoms with Crippen molar-refractivity contribution < 1.29 is 13.6 Å². The van der Waals surface area contributed by atoms with Gasteiger partial charge in [0.05, 0.1) is 6.04 Å². The average Bonchev–Trinajstić information content (AvgIpc) is 3.10. The number of carbonyl (C=O) groups excluding carboxylic acids is 1. The number of carbonyl (C=O) groups is 1. The first-order valence-corrected chi connectivity index (χ1v) is 8.72. The summed E-state index contributed by atoms with van der Waals surface area (Å²) in [5.41, 5.74) is 1.17. The average molecular weight is 381 g/mol. The first-order valence-electron chi connectivity index (χ1n) is 8.72. The lowest BCUT2D eigenvalue weighted by atomic mass is 10.0. The summed E-state index contributed by atoms with van der Waals surface area (Å²) in [4.78, 5) is 32.0. The van der Waals surface area contributed by atoms with Crippen molar-refractivity contribution in [3.63, 3.8) is 0 Å². The highest BCUT2D eigenvalue weighted by atomic mass is 19.2. The van der Waals surface area contributed by atoms with Crippen LogP contribution in [0.2, 0.25) is 0 Å². The number of hydrogen-bond donors (Lipinski definition) is 2. The first-order chi connectivity index (χ1) is 13.4. The third-order valence-corrected chi connectivity index (χ3v) is 5.08. The summed E-state index contributed by atoms with van der Waals surface area (Å²) < 4.78 is 26.9. The van der Waals surface area contributed by atoms with E-state index in [1.54, 1.807) is 25.4 Å². The molecule has 2 N–H and O–H groups in total. The van der Waals surface area contributed by atoms with Crippen molar-refractivity contribution >= 4 is 27.6 Å². The lowest BCUT2D eigenvalue weighted by Crippen LogP contribution is -2.30. The molecule has 0 unspecified atom stereocenters. The van der Waals surface area contributed by atoms with Crippen LogP contribution in [0.5, 0.6) is 0 Å². The quantitative estimate of drug-likeness (QED) is 0.560. The Labute approximate surface area is 158 Å². The number of pyridine rings is 1. The molecule has 0 bridgehead atoms. The number of aromatic amines is 2. The van der Waals surface area contributed by atoms with E-state index in [2.05, 4.69) is 9.97 Å². The molecule has 5 nitrogen and oxygen atoms in total. The number of amides is 1. The van der Waals surface area contributed by atoms with Gasteiger partial charge in [0.15, 0.2) is 11.6 Å². The molecule has 0 fully saturated rings. The normalized spacial score (nSPS) is 12.4. The number of nitrogens with zero attached hydrogens (tertiary/aromatic N) is 1. The first kappa shape index (κ1) is 17.9. The minimum atomic E-state index is -0.977. The monoisotopic (exact) mass is 381 g/mol. The van der Waals surface area contributed by atoms with Crippen LogP contribution >= 0.6 is 0 Å². The van der Waals surface area contributed by atoms with Crippen molar-refractivity contribution in [3.05, 3.63) is 81.9 Å². The summed E-state index contributed by atoms with van der Waals surface area (Å²) in [5, 5.41) is 1.72. The lowest BCUT2D eigenvalue weighted by molar-refractivity contribution is 0.0738. The maximum atomic E-state index is 13.4. The predicted octanol–water partition coefficient (Wildman–Crippen LogP) is 4.12. The number of hydrogen-bond acceptors (Lipinski definition) is 2. The van der Waals surface area contributed by atoms with Crippen LogP contribution in [-0.4, -0.2) is 27.8 Å². The SMILES string of the molecule is C[C@@H](c1c[nH]c(=O)c2ccccc12)N(C)C(=O)c1cc2cc(F)c(F)cc2[nH]1. The standard InChI is InChI=1S/C21H17F2N3O2/c1-11(15-10-24-20(27)14-6-4-3-5-13(14)15)26(2)21(28)19-8-12-7-16(22)17(23)9-18(12)25-19/h3-11,25H,1-2H3,(H,24,27)/t11-/m0/s1. The van der Waals surface area contributed by atoms with Crippen LogP contribution in [0.4, 0.5) is 8.78 Å². The summed E-state index contributed by atoms with van der Waals surface area (Å²) in [7, 11) is 1.64. The second-order valence-electron chi connectivity index (χ2n) is 6.75. The molecule has 0 saturated heterocycles. The summed E-state index contributed by atoms with van der Waals surface area (Å²) in [6.07, 6.45) is 1.61. The van der Waals surface area contributed by atoms with Gasteiger partial charge in [-0.1, -0.05) is 18.2 Å². The Bertz CT molecular complexity index is 1240. The van der Waals surface area contributed by atoms with E-state index < -0.39 is 11.6 Å². The number of aromatic nitrogens is 2. The number of H-pyrrole nitrogens is 2. The number of rotatable bonds is 3. The molecule has 142 valence electrons. The van der Waals surface area contributed by atoms with E-state index >= 15 is 0 Å². The zero-order chi connectivity index (χ0) is 20.0. The van der Waals surface area contributed by atoms with Crippen molar-refractivity contribution in [1.29, 1.82) is 0 Å². The molecule has 0 aliphatic carbocycles. The van der Waals surface area contributed by atoms with Gasteiger partial charge in [-0.25, -0.2) is 8.78 Å². The fourth-order valence-corrected chi connectivity index (χ4v) is 3.39. The Kier molecular flexibility index (Phi) is 4.22. The summed E-state index contributed by atoms with van der Waals surface area (Å²) in [5.74, 6) is -2.28. The van der Waals surface area contributed by atoms with Crippen molar-refractivity contribution in [2.24, 2.45) is 0 Å². The predicted molar refractivity (Wildman–Crippen MR) is 103 cm³/mol. The van der Waals surface area contributed by atoms with Gasteiger partial charge in [-0.05, 0) is 36.1 Å². The van der Waals surface area contributed by atoms with E-state index in [1.165, 1.54) is 11.0 Å². The van der Waals surface area contributed by atoms with E-state index in [0.29, 0.717) is 16.3 Å². The molecule has 0 saturated carbocycles. The Balaban J connectivity index is 1.71. The maximum Gasteiger partial charge on any atom is 0.270 e.